The average molecular weight is 384 g/mol. The highest BCUT2D eigenvalue weighted by atomic mass is 32.2. The van der Waals surface area contributed by atoms with Crippen LogP contribution in [0.1, 0.15) is 34.5 Å². The molecule has 1 aromatic carbocycles. The minimum atomic E-state index is -3.68. The molecule has 0 radical (unpaired) electrons. The molecule has 2 N–H and O–H groups in total. The number of anilines is 1. The van der Waals surface area contributed by atoms with E-state index in [1.807, 2.05) is 0 Å². The summed E-state index contributed by atoms with van der Waals surface area (Å²) < 4.78 is 27.0. The van der Waals surface area contributed by atoms with E-state index in [9.17, 15) is 18.0 Å². The van der Waals surface area contributed by atoms with Gasteiger partial charge in [-0.1, -0.05) is 13.0 Å². The smallest absolute Gasteiger partial charge is 0.306 e. The Bertz CT molecular complexity index is 891. The van der Waals surface area contributed by atoms with E-state index in [-0.39, 0.29) is 23.7 Å². The van der Waals surface area contributed by atoms with E-state index in [0.29, 0.717) is 5.13 Å². The third kappa shape index (κ3) is 5.84. The third-order valence-electron chi connectivity index (χ3n) is 3.05. The molecule has 134 valence electrons. The number of benzene rings is 1. The van der Waals surface area contributed by atoms with Crippen LogP contribution >= 0.6 is 11.3 Å². The van der Waals surface area contributed by atoms with Crippen LogP contribution < -0.4 is 9.50 Å². The summed E-state index contributed by atoms with van der Waals surface area (Å²) in [7, 11) is -3.68. The highest BCUT2D eigenvalue weighted by molar-refractivity contribution is 7.86. The maximum absolute atomic E-state index is 12.2. The molecule has 0 saturated heterocycles. The first-order chi connectivity index (χ1) is 11.6. The van der Waals surface area contributed by atoms with E-state index >= 15 is 0 Å². The first-order valence-corrected chi connectivity index (χ1v) is 9.76. The normalized spacial score (nSPS) is 12.4. The molecule has 1 unspecified atom stereocenters. The molecule has 0 spiro atoms. The Kier molecular flexibility index (Phi) is 5.75. The lowest BCUT2D eigenvalue weighted by Crippen LogP contribution is -2.12. The van der Waals surface area contributed by atoms with E-state index in [1.54, 1.807) is 6.92 Å². The Hall–Kier alpha value is -2.46. The number of carbonyl (C=O) groups excluding carboxylic acids is 1. The number of carboxylic acids is 1. The van der Waals surface area contributed by atoms with Crippen LogP contribution in [-0.4, -0.2) is 36.6 Å². The van der Waals surface area contributed by atoms with Crippen molar-refractivity contribution in [3.05, 3.63) is 40.9 Å². The Morgan fingerprint density at radius 3 is 2.76 bits per heavy atom. The molecule has 1 atom stereocenters. The molecule has 0 aliphatic rings. The van der Waals surface area contributed by atoms with E-state index in [2.05, 4.69) is 10.3 Å². The van der Waals surface area contributed by atoms with E-state index in [4.69, 9.17) is 9.29 Å². The van der Waals surface area contributed by atoms with E-state index in [0.717, 1.165) is 11.1 Å². The summed E-state index contributed by atoms with van der Waals surface area (Å²) >= 11 is 1.19. The highest BCUT2D eigenvalue weighted by Gasteiger charge is 2.16. The molecule has 0 aliphatic heterocycles. The van der Waals surface area contributed by atoms with Gasteiger partial charge in [0.1, 0.15) is 5.75 Å². The molecule has 1 amide bonds. The van der Waals surface area contributed by atoms with E-state index in [1.165, 1.54) is 41.8 Å². The highest BCUT2D eigenvalue weighted by Crippen LogP contribution is 2.28. The van der Waals surface area contributed by atoms with Crippen LogP contribution in [0.2, 0.25) is 0 Å². The van der Waals surface area contributed by atoms with Crippen LogP contribution in [0.5, 0.6) is 5.75 Å². The predicted octanol–water partition coefficient (Wildman–Crippen LogP) is 2.31. The summed E-state index contributed by atoms with van der Waals surface area (Å²) in [4.78, 5) is 27.8. The molecule has 25 heavy (non-hydrogen) atoms. The maximum Gasteiger partial charge on any atom is 0.306 e. The van der Waals surface area contributed by atoms with Crippen LogP contribution in [-0.2, 0) is 14.9 Å². The second-order valence-electron chi connectivity index (χ2n) is 5.34. The van der Waals surface area contributed by atoms with Crippen LogP contribution in [0.3, 0.4) is 0 Å². The summed E-state index contributed by atoms with van der Waals surface area (Å²) in [5.41, 5.74) is 0.205. The summed E-state index contributed by atoms with van der Waals surface area (Å²) in [6.07, 6.45) is 2.41. The largest absolute Gasteiger partial charge is 0.481 e. The molecular weight excluding hydrogens is 368 g/mol. The van der Waals surface area contributed by atoms with Crippen molar-refractivity contribution >= 4 is 38.5 Å². The molecule has 0 saturated carbocycles. The SMILES string of the molecule is CC(CC(=O)O)c1cnc(NC(=O)c2cccc(OS(C)(=O)=O)c2)s1. The number of amides is 1. The lowest BCUT2D eigenvalue weighted by molar-refractivity contribution is -0.137. The van der Waals surface area contributed by atoms with Crippen LogP contribution in [0.15, 0.2) is 30.5 Å². The number of aromatic nitrogens is 1. The molecule has 2 aromatic rings. The van der Waals surface area contributed by atoms with Crippen molar-refractivity contribution in [1.29, 1.82) is 0 Å². The zero-order valence-corrected chi connectivity index (χ0v) is 15.1. The van der Waals surface area contributed by atoms with Gasteiger partial charge in [0.05, 0.1) is 12.7 Å². The fourth-order valence-electron chi connectivity index (χ4n) is 1.97. The monoisotopic (exact) mass is 384 g/mol. The Balaban J connectivity index is 2.09. The molecule has 0 aliphatic carbocycles. The number of aliphatic carboxylic acids is 1. The lowest BCUT2D eigenvalue weighted by Gasteiger charge is -2.06. The molecule has 2 rings (SSSR count). The van der Waals surface area contributed by atoms with Crippen LogP contribution in [0.4, 0.5) is 5.13 Å². The molecule has 0 fully saturated rings. The van der Waals surface area contributed by atoms with Crippen molar-refractivity contribution < 1.29 is 27.3 Å². The van der Waals surface area contributed by atoms with Gasteiger partial charge in [0, 0.05) is 22.6 Å². The van der Waals surface area contributed by atoms with Gasteiger partial charge in [-0.15, -0.1) is 11.3 Å². The van der Waals surface area contributed by atoms with Gasteiger partial charge in [0.2, 0.25) is 0 Å². The number of hydrogen-bond donors (Lipinski definition) is 2. The van der Waals surface area contributed by atoms with Gasteiger partial charge < -0.3 is 9.29 Å². The Labute approximate surface area is 148 Å². The van der Waals surface area contributed by atoms with Gasteiger partial charge >= 0.3 is 16.1 Å². The quantitative estimate of drug-likeness (QED) is 0.702. The van der Waals surface area contributed by atoms with Crippen molar-refractivity contribution in [2.45, 2.75) is 19.3 Å². The Morgan fingerprint density at radius 1 is 1.40 bits per heavy atom. The van der Waals surface area contributed by atoms with Crippen LogP contribution in [0, 0.1) is 0 Å². The lowest BCUT2D eigenvalue weighted by atomic mass is 10.1. The first-order valence-electron chi connectivity index (χ1n) is 7.12. The molecular formula is C15H16N2O6S2. The minimum absolute atomic E-state index is 0.0273. The maximum atomic E-state index is 12.2. The molecule has 1 heterocycles. The summed E-state index contributed by atoms with van der Waals surface area (Å²) in [6.45, 7) is 1.76. The Morgan fingerprint density at radius 2 is 2.12 bits per heavy atom. The predicted molar refractivity (Wildman–Crippen MR) is 92.6 cm³/mol. The zero-order valence-electron chi connectivity index (χ0n) is 13.4. The van der Waals surface area contributed by atoms with Gasteiger partial charge in [0.25, 0.3) is 5.91 Å². The molecule has 0 bridgehead atoms. The topological polar surface area (TPSA) is 123 Å². The minimum Gasteiger partial charge on any atom is -0.481 e. The number of carbonyl (C=O) groups is 2. The fourth-order valence-corrected chi connectivity index (χ4v) is 3.28. The number of nitrogens with zero attached hydrogens (tertiary/aromatic N) is 1. The van der Waals surface area contributed by atoms with Gasteiger partial charge in [-0.05, 0) is 18.2 Å². The summed E-state index contributed by atoms with van der Waals surface area (Å²) in [5.74, 6) is -1.57. The average Bonchev–Trinajstić information content (AvgIpc) is 2.93. The zero-order chi connectivity index (χ0) is 18.6. The van der Waals surface area contributed by atoms with Crippen molar-refractivity contribution in [2.75, 3.05) is 11.6 Å². The van der Waals surface area contributed by atoms with Gasteiger partial charge in [-0.3, -0.25) is 14.9 Å². The standard InChI is InChI=1S/C15H16N2O6S2/c1-9(6-13(18)19)12-8-16-15(24-12)17-14(20)10-4-3-5-11(7-10)23-25(2,21)22/h3-5,7-9H,6H2,1-2H3,(H,18,19)(H,16,17,20). The molecule has 1 aromatic heterocycles. The first kappa shape index (κ1) is 18.9. The second kappa shape index (κ2) is 7.62. The summed E-state index contributed by atoms with van der Waals surface area (Å²) in [6, 6.07) is 5.73. The number of thiazole rings is 1. The number of rotatable bonds is 7. The van der Waals surface area contributed by atoms with Crippen LogP contribution in [0.25, 0.3) is 0 Å². The molecule has 8 nitrogen and oxygen atoms in total. The van der Waals surface area contributed by atoms with E-state index < -0.39 is 22.0 Å². The van der Waals surface area contributed by atoms with Gasteiger partial charge in [-0.2, -0.15) is 8.42 Å². The number of nitrogens with one attached hydrogen (secondary N) is 1. The van der Waals surface area contributed by atoms with Gasteiger partial charge in [-0.25, -0.2) is 4.98 Å². The van der Waals surface area contributed by atoms with Gasteiger partial charge in [0.15, 0.2) is 5.13 Å². The van der Waals surface area contributed by atoms with Crippen molar-refractivity contribution in [1.82, 2.24) is 4.98 Å². The fraction of sp³-hybridized carbons (Fsp3) is 0.267. The van der Waals surface area contributed by atoms with Crippen molar-refractivity contribution in [3.8, 4) is 5.75 Å². The van der Waals surface area contributed by atoms with Crippen molar-refractivity contribution in [2.24, 2.45) is 0 Å². The van der Waals surface area contributed by atoms with Crippen molar-refractivity contribution in [3.63, 3.8) is 0 Å². The third-order valence-corrected chi connectivity index (χ3v) is 4.69. The number of hydrogen-bond acceptors (Lipinski definition) is 7. The number of carboxylic acid groups (broad SMARTS) is 1. The second-order valence-corrected chi connectivity index (χ2v) is 7.97. The summed E-state index contributed by atoms with van der Waals surface area (Å²) in [5, 5.41) is 11.7. The molecule has 10 heteroatoms.